The second kappa shape index (κ2) is 5.03. The number of aromatic hydroxyl groups is 1. The molecule has 0 saturated heterocycles. The quantitative estimate of drug-likeness (QED) is 0.705. The highest BCUT2D eigenvalue weighted by Gasteiger charge is 2.15. The molecule has 0 atom stereocenters. The molecule has 0 spiro atoms. The molecule has 0 aliphatic carbocycles. The summed E-state index contributed by atoms with van der Waals surface area (Å²) in [5.41, 5.74) is 0.815. The maximum Gasteiger partial charge on any atom is 0.707 e. The Balaban J connectivity index is 2.40. The minimum absolute atomic E-state index is 0.153. The highest BCUT2D eigenvalue weighted by atomic mass is 19.1. The summed E-state index contributed by atoms with van der Waals surface area (Å²) in [7, 11) is -2.06. The average molecular weight is 249 g/mol. The van der Waals surface area contributed by atoms with Crippen LogP contribution in [0.5, 0.6) is 11.5 Å². The van der Waals surface area contributed by atoms with Crippen LogP contribution in [0.15, 0.2) is 36.5 Å². The topological polar surface area (TPSA) is 82.8 Å². The predicted molar refractivity (Wildman–Crippen MR) is 62.1 cm³/mol. The Morgan fingerprint density at radius 1 is 1.22 bits per heavy atom. The van der Waals surface area contributed by atoms with E-state index in [1.54, 1.807) is 6.07 Å². The first-order chi connectivity index (χ1) is 8.56. The molecule has 1 aromatic carbocycles. The van der Waals surface area contributed by atoms with Crippen LogP contribution in [0, 0.1) is 5.82 Å². The van der Waals surface area contributed by atoms with Crippen molar-refractivity contribution in [2.24, 2.45) is 0 Å². The molecule has 0 saturated carbocycles. The zero-order valence-electron chi connectivity index (χ0n) is 9.12. The zero-order chi connectivity index (χ0) is 13.1. The molecule has 0 bridgehead atoms. The normalized spacial score (nSPS) is 10.2. The van der Waals surface area contributed by atoms with Crippen LogP contribution in [0.1, 0.15) is 0 Å². The van der Waals surface area contributed by atoms with Gasteiger partial charge in [0.05, 0.1) is 11.9 Å². The molecule has 0 amide bonds. The second-order valence-corrected chi connectivity index (χ2v) is 3.49. The predicted octanol–water partition coefficient (Wildman–Crippen LogP) is 0.942. The molecular formula is C11H9BFNO4. The molecular weight excluding hydrogens is 240 g/mol. The van der Waals surface area contributed by atoms with Crippen molar-refractivity contribution in [3.05, 3.63) is 42.3 Å². The molecule has 0 aliphatic heterocycles. The molecule has 0 radical (unpaired) electrons. The third kappa shape index (κ3) is 2.76. The number of hydrogen-bond donors (Lipinski definition) is 3. The van der Waals surface area contributed by atoms with E-state index < -0.39 is 13.1 Å². The van der Waals surface area contributed by atoms with Crippen molar-refractivity contribution in [3.8, 4) is 22.8 Å². The van der Waals surface area contributed by atoms with E-state index in [0.717, 1.165) is 6.20 Å². The Hall–Kier alpha value is -2.12. The maximum atomic E-state index is 13.1. The monoisotopic (exact) mass is 249 g/mol. The molecule has 18 heavy (non-hydrogen) atoms. The van der Waals surface area contributed by atoms with Crippen molar-refractivity contribution in [1.82, 2.24) is 4.98 Å². The standard InChI is InChI=1S/C11H9BFNO4/c13-8-3-1-2-7(4-8)9-5-11(18-12(16)17)10(15)6-14-9/h1-6,15-17H. The van der Waals surface area contributed by atoms with Gasteiger partial charge in [-0.2, -0.15) is 0 Å². The van der Waals surface area contributed by atoms with Gasteiger partial charge in [-0.3, -0.25) is 4.98 Å². The van der Waals surface area contributed by atoms with Crippen molar-refractivity contribution in [1.29, 1.82) is 0 Å². The summed E-state index contributed by atoms with van der Waals surface area (Å²) in [4.78, 5) is 3.90. The molecule has 3 N–H and O–H groups in total. The van der Waals surface area contributed by atoms with Gasteiger partial charge in [-0.15, -0.1) is 0 Å². The Bertz CT molecular complexity index is 564. The van der Waals surface area contributed by atoms with Gasteiger partial charge in [0, 0.05) is 11.6 Å². The van der Waals surface area contributed by atoms with Crippen LogP contribution in [-0.2, 0) is 0 Å². The average Bonchev–Trinajstić information content (AvgIpc) is 2.31. The third-order valence-corrected chi connectivity index (χ3v) is 2.20. The summed E-state index contributed by atoms with van der Waals surface area (Å²) < 4.78 is 17.6. The van der Waals surface area contributed by atoms with Crippen LogP contribution in [0.4, 0.5) is 4.39 Å². The SMILES string of the molecule is OB(O)Oc1cc(-c2cccc(F)c2)ncc1O. The molecule has 1 heterocycles. The fraction of sp³-hybridized carbons (Fsp3) is 0. The van der Waals surface area contributed by atoms with Crippen molar-refractivity contribution < 1.29 is 24.2 Å². The number of pyridine rings is 1. The van der Waals surface area contributed by atoms with Gasteiger partial charge in [0.15, 0.2) is 5.75 Å². The number of nitrogens with zero attached hydrogens (tertiary/aromatic N) is 1. The number of halogens is 1. The molecule has 1 aromatic heterocycles. The smallest absolute Gasteiger partial charge is 0.509 e. The van der Waals surface area contributed by atoms with E-state index in [2.05, 4.69) is 9.64 Å². The van der Waals surface area contributed by atoms with Crippen molar-refractivity contribution in [2.45, 2.75) is 0 Å². The van der Waals surface area contributed by atoms with E-state index in [1.165, 1.54) is 24.3 Å². The van der Waals surface area contributed by atoms with Gasteiger partial charge >= 0.3 is 7.32 Å². The van der Waals surface area contributed by atoms with E-state index >= 15 is 0 Å². The van der Waals surface area contributed by atoms with Gasteiger partial charge in [-0.25, -0.2) is 4.39 Å². The molecule has 2 rings (SSSR count). The summed E-state index contributed by atoms with van der Waals surface area (Å²) in [6.45, 7) is 0. The highest BCUT2D eigenvalue weighted by Crippen LogP contribution is 2.29. The summed E-state index contributed by atoms with van der Waals surface area (Å²) in [5, 5.41) is 26.8. The lowest BCUT2D eigenvalue weighted by molar-refractivity contribution is 0.281. The van der Waals surface area contributed by atoms with Crippen LogP contribution in [0.2, 0.25) is 0 Å². The first kappa shape index (κ1) is 12.3. The van der Waals surface area contributed by atoms with Gasteiger partial charge in [-0.1, -0.05) is 12.1 Å². The van der Waals surface area contributed by atoms with E-state index in [4.69, 9.17) is 10.0 Å². The molecule has 0 unspecified atom stereocenters. The Morgan fingerprint density at radius 2 is 2.00 bits per heavy atom. The lowest BCUT2D eigenvalue weighted by atomic mass is 10.1. The summed E-state index contributed by atoms with van der Waals surface area (Å²) >= 11 is 0. The van der Waals surface area contributed by atoms with Crippen molar-refractivity contribution in [3.63, 3.8) is 0 Å². The number of benzene rings is 1. The van der Waals surface area contributed by atoms with Crippen LogP contribution in [-0.4, -0.2) is 27.5 Å². The first-order valence-corrected chi connectivity index (χ1v) is 5.04. The van der Waals surface area contributed by atoms with E-state index in [1.807, 2.05) is 0 Å². The molecule has 0 aliphatic rings. The van der Waals surface area contributed by atoms with E-state index in [-0.39, 0.29) is 11.5 Å². The van der Waals surface area contributed by atoms with Crippen LogP contribution in [0.25, 0.3) is 11.3 Å². The summed E-state index contributed by atoms with van der Waals surface area (Å²) in [6, 6.07) is 6.98. The van der Waals surface area contributed by atoms with Gasteiger partial charge in [0.2, 0.25) is 0 Å². The fourth-order valence-electron chi connectivity index (χ4n) is 1.44. The molecule has 92 valence electrons. The Morgan fingerprint density at radius 3 is 2.67 bits per heavy atom. The van der Waals surface area contributed by atoms with Gasteiger partial charge < -0.3 is 19.8 Å². The number of aromatic nitrogens is 1. The lowest BCUT2D eigenvalue weighted by Gasteiger charge is -2.08. The van der Waals surface area contributed by atoms with Gasteiger partial charge in [-0.05, 0) is 12.1 Å². The van der Waals surface area contributed by atoms with Crippen LogP contribution >= 0.6 is 0 Å². The third-order valence-electron chi connectivity index (χ3n) is 2.20. The van der Waals surface area contributed by atoms with Gasteiger partial charge in [0.25, 0.3) is 0 Å². The molecule has 5 nitrogen and oxygen atoms in total. The minimum Gasteiger partial charge on any atom is -0.509 e. The van der Waals surface area contributed by atoms with Crippen molar-refractivity contribution >= 4 is 7.32 Å². The Labute approximate surface area is 102 Å². The highest BCUT2D eigenvalue weighted by molar-refractivity contribution is 6.33. The lowest BCUT2D eigenvalue weighted by Crippen LogP contribution is -2.20. The van der Waals surface area contributed by atoms with Crippen molar-refractivity contribution in [2.75, 3.05) is 0 Å². The Kier molecular flexibility index (Phi) is 3.45. The van der Waals surface area contributed by atoms with Crippen LogP contribution in [0.3, 0.4) is 0 Å². The molecule has 2 aromatic rings. The summed E-state index contributed by atoms with van der Waals surface area (Å²) in [6.07, 6.45) is 1.08. The van der Waals surface area contributed by atoms with E-state index in [0.29, 0.717) is 11.3 Å². The van der Waals surface area contributed by atoms with Crippen LogP contribution < -0.4 is 4.65 Å². The molecule has 7 heteroatoms. The maximum absolute atomic E-state index is 13.1. The largest absolute Gasteiger partial charge is 0.707 e. The first-order valence-electron chi connectivity index (χ1n) is 5.04. The summed E-state index contributed by atoms with van der Waals surface area (Å²) in [5.74, 6) is -0.922. The van der Waals surface area contributed by atoms with E-state index in [9.17, 15) is 9.50 Å². The minimum atomic E-state index is -2.06. The van der Waals surface area contributed by atoms with Gasteiger partial charge in [0.1, 0.15) is 11.6 Å². The second-order valence-electron chi connectivity index (χ2n) is 3.49. The molecule has 0 fully saturated rings. The zero-order valence-corrected chi connectivity index (χ0v) is 9.12. The number of rotatable bonds is 3. The fourth-order valence-corrected chi connectivity index (χ4v) is 1.44. The number of hydrogen-bond acceptors (Lipinski definition) is 5.